The summed E-state index contributed by atoms with van der Waals surface area (Å²) in [6.45, 7) is 0. The van der Waals surface area contributed by atoms with E-state index in [1.54, 1.807) is 19.2 Å². The van der Waals surface area contributed by atoms with Crippen LogP contribution in [0, 0.1) is 0 Å². The molecule has 18 heavy (non-hydrogen) atoms. The van der Waals surface area contributed by atoms with E-state index in [4.69, 9.17) is 9.47 Å². The Labute approximate surface area is 104 Å². The lowest BCUT2D eigenvalue weighted by atomic mass is 10.2. The highest BCUT2D eigenvalue weighted by atomic mass is 16.5. The van der Waals surface area contributed by atoms with Gasteiger partial charge in [0.25, 0.3) is 0 Å². The Morgan fingerprint density at radius 1 is 1.39 bits per heavy atom. The van der Waals surface area contributed by atoms with E-state index in [0.29, 0.717) is 17.4 Å². The van der Waals surface area contributed by atoms with Crippen molar-refractivity contribution in [3.8, 4) is 5.88 Å². The normalized spacial score (nSPS) is 14.8. The molecule has 94 valence electrons. The summed E-state index contributed by atoms with van der Waals surface area (Å²) in [6.07, 6.45) is 4.24. The summed E-state index contributed by atoms with van der Waals surface area (Å²) in [5.41, 5.74) is 2.32. The minimum absolute atomic E-state index is 0.383. The van der Waals surface area contributed by atoms with Gasteiger partial charge >= 0.3 is 5.97 Å². The molecule has 0 bridgehead atoms. The molecule has 0 aromatic carbocycles. The molecule has 5 heteroatoms. The van der Waals surface area contributed by atoms with E-state index in [-0.39, 0.29) is 5.97 Å². The smallest absolute Gasteiger partial charge is 0.338 e. The monoisotopic (exact) mass is 246 g/mol. The molecule has 1 fully saturated rings. The molecule has 0 radical (unpaired) electrons. The van der Waals surface area contributed by atoms with Gasteiger partial charge in [0.2, 0.25) is 0 Å². The predicted octanol–water partition coefficient (Wildman–Crippen LogP) is 2.01. The van der Waals surface area contributed by atoms with Crippen LogP contribution in [0.2, 0.25) is 0 Å². The second-order valence-corrected chi connectivity index (χ2v) is 4.43. The molecule has 0 aliphatic heterocycles. The summed E-state index contributed by atoms with van der Waals surface area (Å²) in [5.74, 6) is 0.803. The van der Waals surface area contributed by atoms with E-state index >= 15 is 0 Å². The molecule has 1 saturated carbocycles. The Balaban J connectivity index is 2.20. The SMILES string of the molecule is COC(=O)c1cc(OC)n2c(C3CC3)cnc2c1. The molecule has 0 spiro atoms. The Hall–Kier alpha value is -2.04. The molecule has 0 atom stereocenters. The number of methoxy groups -OCH3 is 2. The van der Waals surface area contributed by atoms with Gasteiger partial charge in [0.1, 0.15) is 5.65 Å². The third-order valence-electron chi connectivity index (χ3n) is 3.23. The fourth-order valence-corrected chi connectivity index (χ4v) is 2.15. The van der Waals surface area contributed by atoms with Crippen LogP contribution < -0.4 is 4.74 Å². The number of fused-ring (bicyclic) bond motifs is 1. The first kappa shape index (κ1) is 11.1. The van der Waals surface area contributed by atoms with E-state index in [1.807, 2.05) is 10.6 Å². The Kier molecular flexibility index (Phi) is 2.47. The summed E-state index contributed by atoms with van der Waals surface area (Å²) in [4.78, 5) is 15.9. The van der Waals surface area contributed by atoms with E-state index in [9.17, 15) is 4.79 Å². The average Bonchev–Trinajstić information content (AvgIpc) is 3.16. The zero-order chi connectivity index (χ0) is 12.7. The first-order valence-electron chi connectivity index (χ1n) is 5.88. The van der Waals surface area contributed by atoms with Crippen LogP contribution >= 0.6 is 0 Å². The number of nitrogens with zero attached hydrogens (tertiary/aromatic N) is 2. The fraction of sp³-hybridized carbons (Fsp3) is 0.385. The van der Waals surface area contributed by atoms with Crippen LogP contribution in [-0.4, -0.2) is 29.6 Å². The van der Waals surface area contributed by atoms with Crippen LogP contribution in [0.4, 0.5) is 0 Å². The summed E-state index contributed by atoms with van der Waals surface area (Å²) in [7, 11) is 2.95. The standard InChI is InChI=1S/C13H14N2O3/c1-17-12-6-9(13(16)18-2)5-11-14-7-10(15(11)12)8-3-4-8/h5-8H,3-4H2,1-2H3. The highest BCUT2D eigenvalue weighted by Gasteiger charge is 2.28. The zero-order valence-electron chi connectivity index (χ0n) is 10.3. The zero-order valence-corrected chi connectivity index (χ0v) is 10.3. The van der Waals surface area contributed by atoms with E-state index in [0.717, 1.165) is 11.3 Å². The number of pyridine rings is 1. The van der Waals surface area contributed by atoms with Gasteiger partial charge in [-0.1, -0.05) is 0 Å². The van der Waals surface area contributed by atoms with Gasteiger partial charge in [-0.2, -0.15) is 0 Å². The molecule has 2 aromatic rings. The van der Waals surface area contributed by atoms with Gasteiger partial charge in [0.15, 0.2) is 5.88 Å². The van der Waals surface area contributed by atoms with Crippen LogP contribution in [0.3, 0.4) is 0 Å². The first-order valence-corrected chi connectivity index (χ1v) is 5.88. The third kappa shape index (κ3) is 1.63. The number of hydrogen-bond donors (Lipinski definition) is 0. The van der Waals surface area contributed by atoms with Crippen molar-refractivity contribution in [3.05, 3.63) is 29.6 Å². The van der Waals surface area contributed by atoms with Gasteiger partial charge in [-0.15, -0.1) is 0 Å². The van der Waals surface area contributed by atoms with Crippen molar-refractivity contribution >= 4 is 11.6 Å². The van der Waals surface area contributed by atoms with Crippen LogP contribution in [0.5, 0.6) is 5.88 Å². The van der Waals surface area contributed by atoms with Gasteiger partial charge in [0.05, 0.1) is 19.8 Å². The lowest BCUT2D eigenvalue weighted by molar-refractivity contribution is 0.0600. The summed E-state index contributed by atoms with van der Waals surface area (Å²) in [5, 5.41) is 0. The second-order valence-electron chi connectivity index (χ2n) is 4.43. The minimum atomic E-state index is -0.383. The maximum Gasteiger partial charge on any atom is 0.338 e. The molecule has 5 nitrogen and oxygen atoms in total. The Morgan fingerprint density at radius 3 is 2.78 bits per heavy atom. The van der Waals surface area contributed by atoms with Gasteiger partial charge in [-0.3, -0.25) is 4.40 Å². The first-order chi connectivity index (χ1) is 8.74. The number of esters is 1. The van der Waals surface area contributed by atoms with Crippen LogP contribution in [-0.2, 0) is 4.74 Å². The van der Waals surface area contributed by atoms with Crippen molar-refractivity contribution in [1.82, 2.24) is 9.38 Å². The molecule has 3 rings (SSSR count). The highest BCUT2D eigenvalue weighted by molar-refractivity contribution is 5.90. The number of imidazole rings is 1. The largest absolute Gasteiger partial charge is 0.482 e. The number of hydrogen-bond acceptors (Lipinski definition) is 4. The minimum Gasteiger partial charge on any atom is -0.482 e. The molecular weight excluding hydrogens is 232 g/mol. The maximum atomic E-state index is 11.6. The molecule has 2 heterocycles. The van der Waals surface area contributed by atoms with Crippen molar-refractivity contribution in [2.75, 3.05) is 14.2 Å². The number of carbonyl (C=O) groups excluding carboxylic acids is 1. The van der Waals surface area contributed by atoms with Crippen LogP contribution in [0.15, 0.2) is 18.3 Å². The molecular formula is C13H14N2O3. The van der Waals surface area contributed by atoms with Gasteiger partial charge in [-0.25, -0.2) is 9.78 Å². The Bertz CT molecular complexity index is 614. The van der Waals surface area contributed by atoms with Crippen molar-refractivity contribution in [1.29, 1.82) is 0 Å². The highest BCUT2D eigenvalue weighted by Crippen LogP contribution is 2.41. The molecule has 1 aliphatic carbocycles. The molecule has 1 aliphatic rings. The van der Waals surface area contributed by atoms with E-state index < -0.39 is 0 Å². The Morgan fingerprint density at radius 2 is 2.17 bits per heavy atom. The topological polar surface area (TPSA) is 52.8 Å². The van der Waals surface area contributed by atoms with Crippen molar-refractivity contribution < 1.29 is 14.3 Å². The summed E-state index contributed by atoms with van der Waals surface area (Å²) in [6, 6.07) is 3.41. The van der Waals surface area contributed by atoms with Gasteiger partial charge in [0, 0.05) is 23.9 Å². The summed E-state index contributed by atoms with van der Waals surface area (Å²) >= 11 is 0. The van der Waals surface area contributed by atoms with Crippen LogP contribution in [0.25, 0.3) is 5.65 Å². The van der Waals surface area contributed by atoms with Crippen molar-refractivity contribution in [2.45, 2.75) is 18.8 Å². The molecule has 0 N–H and O–H groups in total. The quantitative estimate of drug-likeness (QED) is 0.777. The number of ether oxygens (including phenoxy) is 2. The molecule has 0 saturated heterocycles. The fourth-order valence-electron chi connectivity index (χ4n) is 2.15. The maximum absolute atomic E-state index is 11.6. The van der Waals surface area contributed by atoms with Gasteiger partial charge in [-0.05, 0) is 18.9 Å². The lowest BCUT2D eigenvalue weighted by Gasteiger charge is -2.09. The predicted molar refractivity (Wildman–Crippen MR) is 65.1 cm³/mol. The summed E-state index contributed by atoms with van der Waals surface area (Å²) < 4.78 is 12.0. The average molecular weight is 246 g/mol. The molecule has 0 unspecified atom stereocenters. The van der Waals surface area contributed by atoms with E-state index in [1.165, 1.54) is 20.0 Å². The number of aromatic nitrogens is 2. The number of rotatable bonds is 3. The van der Waals surface area contributed by atoms with Gasteiger partial charge < -0.3 is 9.47 Å². The van der Waals surface area contributed by atoms with E-state index in [2.05, 4.69) is 4.98 Å². The lowest BCUT2D eigenvalue weighted by Crippen LogP contribution is -2.05. The number of carbonyl (C=O) groups is 1. The molecule has 0 amide bonds. The molecule has 2 aromatic heterocycles. The van der Waals surface area contributed by atoms with Crippen molar-refractivity contribution in [2.24, 2.45) is 0 Å². The van der Waals surface area contributed by atoms with Crippen LogP contribution in [0.1, 0.15) is 34.8 Å². The second kappa shape index (κ2) is 4.01. The third-order valence-corrected chi connectivity index (χ3v) is 3.23. The van der Waals surface area contributed by atoms with Crippen molar-refractivity contribution in [3.63, 3.8) is 0 Å².